The van der Waals surface area contributed by atoms with Crippen molar-refractivity contribution in [1.82, 2.24) is 9.79 Å². The Kier molecular flexibility index (Phi) is 7.34. The van der Waals surface area contributed by atoms with Crippen molar-refractivity contribution in [3.05, 3.63) is 53.6 Å². The number of fused-ring (bicyclic) bond motifs is 2. The van der Waals surface area contributed by atoms with Gasteiger partial charge in [-0.3, -0.25) is 14.8 Å². The fraction of sp³-hybridized carbons (Fsp3) is 0.391. The predicted molar refractivity (Wildman–Crippen MR) is 124 cm³/mol. The van der Waals surface area contributed by atoms with Crippen molar-refractivity contribution >= 4 is 33.5 Å². The van der Waals surface area contributed by atoms with E-state index in [1.54, 1.807) is 29.7 Å². The maximum Gasteiger partial charge on any atom is 0.304 e. The third-order valence-electron chi connectivity index (χ3n) is 6.32. The first kappa shape index (κ1) is 25.4. The number of carbonyl (C=O) groups excluding carboxylic acids is 1. The number of benzene rings is 2. The maximum absolute atomic E-state index is 13.8. The molecule has 0 aromatic heterocycles. The third-order valence-corrected chi connectivity index (χ3v) is 8.55. The highest BCUT2D eigenvalue weighted by atomic mass is 35.5. The molecule has 2 bridgehead atoms. The summed E-state index contributed by atoms with van der Waals surface area (Å²) >= 11 is 5.87. The van der Waals surface area contributed by atoms with Crippen molar-refractivity contribution in [2.45, 2.75) is 54.7 Å². The number of halogens is 1. The summed E-state index contributed by atoms with van der Waals surface area (Å²) in [6, 6.07) is 12.2. The highest BCUT2D eigenvalue weighted by Crippen LogP contribution is 2.44. The zero-order valence-electron chi connectivity index (χ0n) is 18.6. The minimum Gasteiger partial charge on any atom is -0.481 e. The van der Waals surface area contributed by atoms with Gasteiger partial charge < -0.3 is 14.6 Å². The van der Waals surface area contributed by atoms with Gasteiger partial charge in [-0.15, -0.1) is 0 Å². The van der Waals surface area contributed by atoms with E-state index in [1.165, 1.54) is 24.3 Å². The fourth-order valence-electron chi connectivity index (χ4n) is 4.73. The lowest BCUT2D eigenvalue weighted by atomic mass is 9.85. The number of aliphatic carboxylic acids is 1. The van der Waals surface area contributed by atoms with Crippen molar-refractivity contribution in [2.75, 3.05) is 6.54 Å². The van der Waals surface area contributed by atoms with Crippen molar-refractivity contribution < 1.29 is 37.8 Å². The molecule has 0 aliphatic carbocycles. The Balaban J connectivity index is 1.67. The van der Waals surface area contributed by atoms with Crippen LogP contribution in [-0.4, -0.2) is 59.2 Å². The molecular weight excluding hydrogens is 500 g/mol. The highest BCUT2D eigenvalue weighted by molar-refractivity contribution is 7.89. The zero-order chi connectivity index (χ0) is 25.2. The van der Waals surface area contributed by atoms with Crippen molar-refractivity contribution in [1.29, 1.82) is 0 Å². The van der Waals surface area contributed by atoms with E-state index in [4.69, 9.17) is 21.1 Å². The average molecular weight is 525 g/mol. The number of sulfonamides is 1. The lowest BCUT2D eigenvalue weighted by Crippen LogP contribution is -2.64. The van der Waals surface area contributed by atoms with E-state index < -0.39 is 40.4 Å². The van der Waals surface area contributed by atoms with Gasteiger partial charge in [-0.1, -0.05) is 11.6 Å². The van der Waals surface area contributed by atoms with Crippen LogP contribution >= 0.6 is 11.6 Å². The predicted octanol–water partition coefficient (Wildman–Crippen LogP) is 3.18. The molecule has 2 aromatic rings. The van der Waals surface area contributed by atoms with E-state index in [2.05, 4.69) is 0 Å². The van der Waals surface area contributed by atoms with E-state index in [9.17, 15) is 28.3 Å². The van der Waals surface area contributed by atoms with Gasteiger partial charge in [0.2, 0.25) is 10.0 Å². The molecule has 2 saturated heterocycles. The van der Waals surface area contributed by atoms with Crippen LogP contribution in [0.15, 0.2) is 53.4 Å². The second kappa shape index (κ2) is 10.1. The Labute approximate surface area is 207 Å². The number of carboxylic acids is 1. The van der Waals surface area contributed by atoms with Crippen LogP contribution in [0.2, 0.25) is 5.02 Å². The number of ether oxygens (including phenoxy) is 2. The maximum atomic E-state index is 13.8. The zero-order valence-corrected chi connectivity index (χ0v) is 20.2. The number of nitrogens with zero attached hydrogens (tertiary/aromatic N) is 1. The molecule has 0 saturated carbocycles. The highest BCUT2D eigenvalue weighted by Gasteiger charge is 2.56. The Hall–Kier alpha value is -2.70. The SMILES string of the molecule is O=C(O)CCN(C1(C(=O)NO)CC2CCC(C1)O2)S(=O)(=O)c1ccc(Oc2ccc(Cl)cc2)cc1. The Bertz CT molecular complexity index is 1180. The summed E-state index contributed by atoms with van der Waals surface area (Å²) in [7, 11) is -4.35. The van der Waals surface area contributed by atoms with Crippen LogP contribution in [0.1, 0.15) is 32.1 Å². The van der Waals surface area contributed by atoms with Crippen molar-refractivity contribution in [2.24, 2.45) is 0 Å². The van der Waals surface area contributed by atoms with Gasteiger partial charge in [0, 0.05) is 24.4 Å². The van der Waals surface area contributed by atoms with Crippen LogP contribution in [0.5, 0.6) is 11.5 Å². The molecule has 0 radical (unpaired) electrons. The monoisotopic (exact) mass is 524 g/mol. The Morgan fingerprint density at radius 3 is 2.11 bits per heavy atom. The number of nitrogens with one attached hydrogen (secondary N) is 1. The molecule has 0 spiro atoms. The normalized spacial score (nSPS) is 23.7. The molecule has 1 amide bonds. The van der Waals surface area contributed by atoms with E-state index in [-0.39, 0.29) is 29.9 Å². The van der Waals surface area contributed by atoms with Crippen molar-refractivity contribution in [3.8, 4) is 11.5 Å². The standard InChI is InChI=1S/C23H25ClN2O8S/c24-15-1-3-16(4-2-15)33-17-7-9-20(10-8-17)35(31,32)26(12-11-21(27)28)23(22(29)25-30)13-18-5-6-19(14-23)34-18/h1-4,7-10,18-19,30H,5-6,11-14H2,(H,25,29)(H,27,28). The minimum absolute atomic E-state index is 0.00645. The first-order chi connectivity index (χ1) is 16.6. The van der Waals surface area contributed by atoms with Gasteiger partial charge in [0.05, 0.1) is 23.5 Å². The van der Waals surface area contributed by atoms with Crippen LogP contribution in [0, 0.1) is 0 Å². The first-order valence-corrected chi connectivity index (χ1v) is 12.8. The lowest BCUT2D eigenvalue weighted by molar-refractivity contribution is -0.151. The Morgan fingerprint density at radius 2 is 1.60 bits per heavy atom. The fourth-order valence-corrected chi connectivity index (χ4v) is 6.61. The first-order valence-electron chi connectivity index (χ1n) is 11.0. The average Bonchev–Trinajstić information content (AvgIpc) is 3.18. The van der Waals surface area contributed by atoms with Gasteiger partial charge in [-0.05, 0) is 61.4 Å². The summed E-state index contributed by atoms with van der Waals surface area (Å²) in [5.74, 6) is -1.25. The molecule has 2 fully saturated rings. The van der Waals surface area contributed by atoms with Gasteiger partial charge >= 0.3 is 5.97 Å². The van der Waals surface area contributed by atoms with E-state index in [0.717, 1.165) is 4.31 Å². The number of carboxylic acid groups (broad SMARTS) is 1. The molecule has 2 aliphatic rings. The van der Waals surface area contributed by atoms with Gasteiger partial charge in [0.1, 0.15) is 17.0 Å². The topological polar surface area (TPSA) is 142 Å². The number of hydrogen-bond acceptors (Lipinski definition) is 7. The summed E-state index contributed by atoms with van der Waals surface area (Å²) in [4.78, 5) is 24.2. The molecule has 4 rings (SSSR count). The number of rotatable bonds is 9. The molecule has 188 valence electrons. The number of amides is 1. The Morgan fingerprint density at radius 1 is 1.06 bits per heavy atom. The molecule has 2 aromatic carbocycles. The van der Waals surface area contributed by atoms with Crippen LogP contribution in [0.4, 0.5) is 0 Å². The third kappa shape index (κ3) is 5.29. The summed E-state index contributed by atoms with van der Waals surface area (Å²) in [5.41, 5.74) is -0.0899. The number of carbonyl (C=O) groups is 2. The van der Waals surface area contributed by atoms with Crippen molar-refractivity contribution in [3.63, 3.8) is 0 Å². The number of hydrogen-bond donors (Lipinski definition) is 3. The van der Waals surface area contributed by atoms with Gasteiger partial charge in [-0.2, -0.15) is 4.31 Å². The molecule has 10 nitrogen and oxygen atoms in total. The smallest absolute Gasteiger partial charge is 0.304 e. The largest absolute Gasteiger partial charge is 0.481 e. The van der Waals surface area contributed by atoms with E-state index >= 15 is 0 Å². The summed E-state index contributed by atoms with van der Waals surface area (Å²) in [6.45, 7) is -0.451. The van der Waals surface area contributed by atoms with Gasteiger partial charge in [0.15, 0.2) is 0 Å². The molecule has 2 heterocycles. The molecule has 2 aliphatic heterocycles. The summed E-state index contributed by atoms with van der Waals surface area (Å²) < 4.78 is 40.0. The number of hydroxylamine groups is 1. The van der Waals surface area contributed by atoms with E-state index in [1.807, 2.05) is 0 Å². The van der Waals surface area contributed by atoms with Gasteiger partial charge in [0.25, 0.3) is 5.91 Å². The molecule has 2 unspecified atom stereocenters. The molecule has 2 atom stereocenters. The lowest BCUT2D eigenvalue weighted by Gasteiger charge is -2.45. The minimum atomic E-state index is -4.35. The molecule has 3 N–H and O–H groups in total. The van der Waals surface area contributed by atoms with Crippen LogP contribution in [0.3, 0.4) is 0 Å². The second-order valence-electron chi connectivity index (χ2n) is 8.59. The van der Waals surface area contributed by atoms with E-state index in [0.29, 0.717) is 29.4 Å². The summed E-state index contributed by atoms with van der Waals surface area (Å²) in [5, 5.41) is 19.3. The van der Waals surface area contributed by atoms with Crippen LogP contribution in [0.25, 0.3) is 0 Å². The van der Waals surface area contributed by atoms with Gasteiger partial charge in [-0.25, -0.2) is 13.9 Å². The second-order valence-corrected chi connectivity index (χ2v) is 10.9. The van der Waals surface area contributed by atoms with Crippen LogP contribution in [-0.2, 0) is 24.3 Å². The molecule has 35 heavy (non-hydrogen) atoms. The molecule has 12 heteroatoms. The quantitative estimate of drug-likeness (QED) is 0.335. The summed E-state index contributed by atoms with van der Waals surface area (Å²) in [6.07, 6.45) is 0.0446. The molecular formula is C23H25ClN2O8S. The van der Waals surface area contributed by atoms with Crippen LogP contribution < -0.4 is 10.2 Å².